The highest BCUT2D eigenvalue weighted by molar-refractivity contribution is 6.05. The first-order chi connectivity index (χ1) is 10.3. The average molecular weight is 277 g/mol. The van der Waals surface area contributed by atoms with Crippen molar-refractivity contribution in [3.8, 4) is 11.3 Å². The van der Waals surface area contributed by atoms with E-state index in [1.165, 1.54) is 0 Å². The van der Waals surface area contributed by atoms with Crippen molar-refractivity contribution in [1.29, 1.82) is 0 Å². The van der Waals surface area contributed by atoms with Crippen LogP contribution in [0.1, 0.15) is 5.56 Å². The van der Waals surface area contributed by atoms with Gasteiger partial charge in [-0.2, -0.15) is 0 Å². The van der Waals surface area contributed by atoms with Crippen molar-refractivity contribution < 1.29 is 4.79 Å². The molecule has 0 unspecified atom stereocenters. The molecule has 102 valence electrons. The van der Waals surface area contributed by atoms with Crippen molar-refractivity contribution in [3.05, 3.63) is 52.9 Å². The maximum absolute atomic E-state index is 12.1. The highest BCUT2D eigenvalue weighted by atomic mass is 16.3. The zero-order valence-electron chi connectivity index (χ0n) is 11.0. The van der Waals surface area contributed by atoms with Crippen LogP contribution in [0, 0.1) is 4.91 Å². The minimum absolute atomic E-state index is 0.0634. The van der Waals surface area contributed by atoms with Crippen LogP contribution in [0.5, 0.6) is 0 Å². The summed E-state index contributed by atoms with van der Waals surface area (Å²) < 4.78 is 0. The summed E-state index contributed by atoms with van der Waals surface area (Å²) in [4.78, 5) is 26.2. The third-order valence-corrected chi connectivity index (χ3v) is 3.80. The van der Waals surface area contributed by atoms with Gasteiger partial charge in [0.05, 0.1) is 17.8 Å². The standard InChI is InChI=1S/C16H11N3O2/c20-15-8-12-11-7-9(19-21)5-6-14(11)18-16(12)10-3-1-2-4-13(10)17-15/h1-7,18H,8H2,(H,17,20). The Hall–Kier alpha value is -2.95. The lowest BCUT2D eigenvalue weighted by Crippen LogP contribution is -2.12. The second-order valence-electron chi connectivity index (χ2n) is 5.07. The van der Waals surface area contributed by atoms with Crippen molar-refractivity contribution in [2.24, 2.45) is 5.18 Å². The van der Waals surface area contributed by atoms with Crippen LogP contribution in [0.15, 0.2) is 47.6 Å². The maximum Gasteiger partial charge on any atom is 0.228 e. The second kappa shape index (κ2) is 4.28. The molecule has 0 saturated heterocycles. The van der Waals surface area contributed by atoms with Crippen LogP contribution in [0.2, 0.25) is 0 Å². The van der Waals surface area contributed by atoms with E-state index in [1.807, 2.05) is 30.3 Å². The van der Waals surface area contributed by atoms with E-state index in [4.69, 9.17) is 0 Å². The molecule has 0 atom stereocenters. The average Bonchev–Trinajstić information content (AvgIpc) is 2.78. The summed E-state index contributed by atoms with van der Waals surface area (Å²) >= 11 is 0. The SMILES string of the molecule is O=Nc1ccc2[nH]c3c(c2c1)CC(=O)Nc1ccccc1-3. The molecule has 0 aliphatic carbocycles. The number of hydrogen-bond donors (Lipinski definition) is 2. The van der Waals surface area contributed by atoms with Crippen LogP contribution < -0.4 is 5.32 Å². The summed E-state index contributed by atoms with van der Waals surface area (Å²) in [6.45, 7) is 0. The zero-order chi connectivity index (χ0) is 14.4. The highest BCUT2D eigenvalue weighted by Crippen LogP contribution is 2.38. The molecule has 1 aliphatic heterocycles. The van der Waals surface area contributed by atoms with E-state index in [0.717, 1.165) is 33.4 Å². The topological polar surface area (TPSA) is 74.3 Å². The number of benzene rings is 2. The van der Waals surface area contributed by atoms with E-state index >= 15 is 0 Å². The third kappa shape index (κ3) is 1.74. The van der Waals surface area contributed by atoms with Crippen molar-refractivity contribution in [2.45, 2.75) is 6.42 Å². The van der Waals surface area contributed by atoms with Crippen LogP contribution in [-0.4, -0.2) is 10.9 Å². The van der Waals surface area contributed by atoms with E-state index in [-0.39, 0.29) is 12.3 Å². The molecular weight excluding hydrogens is 266 g/mol. The number of hydrogen-bond acceptors (Lipinski definition) is 3. The minimum atomic E-state index is -0.0634. The number of H-pyrrole nitrogens is 1. The molecule has 0 spiro atoms. The van der Waals surface area contributed by atoms with Crippen LogP contribution in [0.3, 0.4) is 0 Å². The van der Waals surface area contributed by atoms with Gasteiger partial charge in [-0.05, 0) is 35.0 Å². The fourth-order valence-corrected chi connectivity index (χ4v) is 2.87. The first kappa shape index (κ1) is 11.8. The quantitative estimate of drug-likeness (QED) is 0.665. The molecule has 5 heteroatoms. The Morgan fingerprint density at radius 1 is 1.10 bits per heavy atom. The van der Waals surface area contributed by atoms with Gasteiger partial charge in [0.25, 0.3) is 0 Å². The molecule has 0 saturated carbocycles. The van der Waals surface area contributed by atoms with Crippen molar-refractivity contribution >= 4 is 28.2 Å². The fourth-order valence-electron chi connectivity index (χ4n) is 2.87. The number of nitroso groups, excluding NO2 is 1. The van der Waals surface area contributed by atoms with Gasteiger partial charge >= 0.3 is 0 Å². The number of carbonyl (C=O) groups excluding carboxylic acids is 1. The molecule has 1 amide bonds. The lowest BCUT2D eigenvalue weighted by molar-refractivity contribution is -0.115. The van der Waals surface area contributed by atoms with E-state index in [9.17, 15) is 9.70 Å². The van der Waals surface area contributed by atoms with E-state index < -0.39 is 0 Å². The predicted octanol–water partition coefficient (Wildman–Crippen LogP) is 3.73. The zero-order valence-corrected chi connectivity index (χ0v) is 11.0. The number of rotatable bonds is 1. The number of aromatic nitrogens is 1. The lowest BCUT2D eigenvalue weighted by atomic mass is 10.0. The summed E-state index contributed by atoms with van der Waals surface area (Å²) in [5.41, 5.74) is 4.83. The monoisotopic (exact) mass is 277 g/mol. The van der Waals surface area contributed by atoms with Gasteiger partial charge in [-0.3, -0.25) is 4.79 Å². The van der Waals surface area contributed by atoms with E-state index in [0.29, 0.717) is 5.69 Å². The van der Waals surface area contributed by atoms with Gasteiger partial charge in [-0.25, -0.2) is 0 Å². The van der Waals surface area contributed by atoms with E-state index in [2.05, 4.69) is 15.5 Å². The van der Waals surface area contributed by atoms with Gasteiger partial charge < -0.3 is 10.3 Å². The number of nitrogens with one attached hydrogen (secondary N) is 2. The van der Waals surface area contributed by atoms with Crippen molar-refractivity contribution in [3.63, 3.8) is 0 Å². The molecule has 21 heavy (non-hydrogen) atoms. The maximum atomic E-state index is 12.1. The molecule has 4 rings (SSSR count). The van der Waals surface area contributed by atoms with Gasteiger partial charge in [0.15, 0.2) is 0 Å². The molecule has 2 aromatic carbocycles. The highest BCUT2D eigenvalue weighted by Gasteiger charge is 2.22. The molecule has 0 radical (unpaired) electrons. The van der Waals surface area contributed by atoms with Crippen molar-refractivity contribution in [2.75, 3.05) is 5.32 Å². The first-order valence-electron chi connectivity index (χ1n) is 6.63. The van der Waals surface area contributed by atoms with Gasteiger partial charge in [0, 0.05) is 16.5 Å². The molecule has 2 N–H and O–H groups in total. The number of amides is 1. The van der Waals surface area contributed by atoms with Crippen LogP contribution in [-0.2, 0) is 11.2 Å². The molecule has 1 aliphatic rings. The van der Waals surface area contributed by atoms with Crippen LogP contribution >= 0.6 is 0 Å². The van der Waals surface area contributed by atoms with E-state index in [1.54, 1.807) is 12.1 Å². The summed E-state index contributed by atoms with van der Waals surface area (Å²) in [7, 11) is 0. The number of aromatic amines is 1. The molecule has 5 nitrogen and oxygen atoms in total. The molecule has 0 fully saturated rings. The number of fused-ring (bicyclic) bond motifs is 5. The van der Waals surface area contributed by atoms with Crippen LogP contribution in [0.25, 0.3) is 22.2 Å². The predicted molar refractivity (Wildman–Crippen MR) is 81.5 cm³/mol. The van der Waals surface area contributed by atoms with Crippen molar-refractivity contribution in [1.82, 2.24) is 4.98 Å². The fraction of sp³-hybridized carbons (Fsp3) is 0.0625. The Balaban J connectivity index is 2.08. The normalized spacial score (nSPS) is 13.2. The van der Waals surface area contributed by atoms with Crippen LogP contribution in [0.4, 0.5) is 11.4 Å². The number of carbonyl (C=O) groups is 1. The number of anilines is 1. The molecule has 2 heterocycles. The second-order valence-corrected chi connectivity index (χ2v) is 5.07. The lowest BCUT2D eigenvalue weighted by Gasteiger charge is -2.05. The van der Waals surface area contributed by atoms with Gasteiger partial charge in [0.2, 0.25) is 5.91 Å². The minimum Gasteiger partial charge on any atom is -0.354 e. The smallest absolute Gasteiger partial charge is 0.228 e. The Morgan fingerprint density at radius 3 is 2.81 bits per heavy atom. The Kier molecular flexibility index (Phi) is 2.41. The number of nitrogens with zero attached hydrogens (tertiary/aromatic N) is 1. The molecular formula is C16H11N3O2. The first-order valence-corrected chi connectivity index (χ1v) is 6.63. The Morgan fingerprint density at radius 2 is 1.95 bits per heavy atom. The number of para-hydroxylation sites is 1. The van der Waals surface area contributed by atoms with Gasteiger partial charge in [-0.1, -0.05) is 18.2 Å². The Labute approximate surface area is 120 Å². The summed E-state index contributed by atoms with van der Waals surface area (Å²) in [6.07, 6.45) is 0.270. The van der Waals surface area contributed by atoms with Gasteiger partial charge in [-0.15, -0.1) is 4.91 Å². The molecule has 3 aromatic rings. The molecule has 1 aromatic heterocycles. The van der Waals surface area contributed by atoms with Gasteiger partial charge in [0.1, 0.15) is 5.69 Å². The third-order valence-electron chi connectivity index (χ3n) is 3.80. The summed E-state index contributed by atoms with van der Waals surface area (Å²) in [5.74, 6) is -0.0634. The largest absolute Gasteiger partial charge is 0.354 e. The summed E-state index contributed by atoms with van der Waals surface area (Å²) in [5, 5.41) is 6.75. The summed E-state index contributed by atoms with van der Waals surface area (Å²) in [6, 6.07) is 12.9. The Bertz CT molecular complexity index is 896. The molecule has 0 bridgehead atoms.